The predicted octanol–water partition coefficient (Wildman–Crippen LogP) is 4.24. The minimum atomic E-state index is -0.0323. The lowest BCUT2D eigenvalue weighted by Gasteiger charge is -2.28. The van der Waals surface area contributed by atoms with Crippen molar-refractivity contribution in [3.63, 3.8) is 0 Å². The van der Waals surface area contributed by atoms with Gasteiger partial charge in [0.1, 0.15) is 0 Å². The number of thiophene rings is 1. The Morgan fingerprint density at radius 3 is 2.71 bits per heavy atom. The summed E-state index contributed by atoms with van der Waals surface area (Å²) in [5.74, 6) is 0.585. The maximum Gasteiger partial charge on any atom is 0.262 e. The summed E-state index contributed by atoms with van der Waals surface area (Å²) in [4.78, 5) is 29.6. The fourth-order valence-corrected chi connectivity index (χ4v) is 4.87. The van der Waals surface area contributed by atoms with Gasteiger partial charge in [-0.3, -0.25) is 14.2 Å². The smallest absolute Gasteiger partial charge is 0.262 e. The average molecular weight is 414 g/mol. The normalized spacial score (nSPS) is 19.6. The second-order valence-electron chi connectivity index (χ2n) is 7.41. The van der Waals surface area contributed by atoms with Gasteiger partial charge in [0.15, 0.2) is 4.77 Å². The summed E-state index contributed by atoms with van der Waals surface area (Å²) in [7, 11) is 0. The number of para-hydroxylation sites is 1. The molecule has 1 aliphatic rings. The van der Waals surface area contributed by atoms with Gasteiger partial charge in [-0.15, -0.1) is 11.3 Å². The van der Waals surface area contributed by atoms with E-state index in [0.717, 1.165) is 31.2 Å². The number of carbonyl (C=O) groups excluding carboxylic acids is 1. The molecular weight excluding hydrogens is 390 g/mol. The maximum atomic E-state index is 12.8. The first-order valence-corrected chi connectivity index (χ1v) is 10.9. The van der Waals surface area contributed by atoms with Crippen LogP contribution in [0.5, 0.6) is 0 Å². The Morgan fingerprint density at radius 2 is 1.96 bits per heavy atom. The molecular formula is C21H23N3O2S2. The Balaban J connectivity index is 1.37. The number of amides is 1. The van der Waals surface area contributed by atoms with E-state index in [1.165, 1.54) is 4.88 Å². The third-order valence-corrected chi connectivity index (χ3v) is 6.76. The number of nitrogens with one attached hydrogen (secondary N) is 2. The minimum absolute atomic E-state index is 0.0323. The van der Waals surface area contributed by atoms with Crippen molar-refractivity contribution in [3.8, 4) is 0 Å². The van der Waals surface area contributed by atoms with Crippen LogP contribution in [0.15, 0.2) is 46.6 Å². The average Bonchev–Trinajstić information content (AvgIpc) is 3.23. The summed E-state index contributed by atoms with van der Waals surface area (Å²) in [5, 5.41) is 5.74. The number of nitrogens with zero attached hydrogens (tertiary/aromatic N) is 1. The molecule has 3 aromatic rings. The van der Waals surface area contributed by atoms with Crippen molar-refractivity contribution in [1.82, 2.24) is 14.9 Å². The Morgan fingerprint density at radius 1 is 1.18 bits per heavy atom. The molecule has 1 aromatic carbocycles. The molecule has 146 valence electrons. The van der Waals surface area contributed by atoms with Gasteiger partial charge < -0.3 is 10.3 Å². The number of hydrogen-bond acceptors (Lipinski definition) is 4. The Kier molecular flexibility index (Phi) is 5.73. The topological polar surface area (TPSA) is 66.9 Å². The van der Waals surface area contributed by atoms with Gasteiger partial charge in [-0.05, 0) is 67.4 Å². The summed E-state index contributed by atoms with van der Waals surface area (Å²) in [6.45, 7) is 1.22. The number of aromatic nitrogens is 2. The van der Waals surface area contributed by atoms with Crippen molar-refractivity contribution in [2.24, 2.45) is 11.8 Å². The fraction of sp³-hybridized carbons (Fsp3) is 0.381. The summed E-state index contributed by atoms with van der Waals surface area (Å²) < 4.78 is 2.15. The monoisotopic (exact) mass is 413 g/mol. The molecule has 0 spiro atoms. The predicted molar refractivity (Wildman–Crippen MR) is 115 cm³/mol. The molecule has 2 heterocycles. The number of hydrogen-bond donors (Lipinski definition) is 2. The van der Waals surface area contributed by atoms with Crippen molar-refractivity contribution in [3.05, 3.63) is 61.8 Å². The first-order chi connectivity index (χ1) is 13.6. The molecule has 0 saturated heterocycles. The van der Waals surface area contributed by atoms with Gasteiger partial charge in [-0.1, -0.05) is 18.2 Å². The number of benzene rings is 1. The SMILES string of the molecule is O=C(NCc1cccs1)C1CCC(Cn2c(=S)[nH]c3ccccc3c2=O)CC1. The van der Waals surface area contributed by atoms with Crippen LogP contribution in [-0.4, -0.2) is 15.5 Å². The number of fused-ring (bicyclic) bond motifs is 1. The molecule has 1 saturated carbocycles. The van der Waals surface area contributed by atoms with Gasteiger partial charge in [0.25, 0.3) is 5.56 Å². The number of H-pyrrole nitrogens is 1. The van der Waals surface area contributed by atoms with Crippen LogP contribution in [0.2, 0.25) is 0 Å². The van der Waals surface area contributed by atoms with E-state index >= 15 is 0 Å². The van der Waals surface area contributed by atoms with E-state index in [0.29, 0.717) is 29.2 Å². The zero-order chi connectivity index (χ0) is 19.5. The van der Waals surface area contributed by atoms with E-state index in [9.17, 15) is 9.59 Å². The number of carbonyl (C=O) groups is 1. The first kappa shape index (κ1) is 19.1. The van der Waals surface area contributed by atoms with Crippen molar-refractivity contribution < 1.29 is 4.79 Å². The highest BCUT2D eigenvalue weighted by Gasteiger charge is 2.26. The molecule has 28 heavy (non-hydrogen) atoms. The van der Waals surface area contributed by atoms with E-state index in [-0.39, 0.29) is 17.4 Å². The van der Waals surface area contributed by atoms with E-state index in [1.807, 2.05) is 41.8 Å². The van der Waals surface area contributed by atoms with Crippen molar-refractivity contribution in [2.45, 2.75) is 38.8 Å². The van der Waals surface area contributed by atoms with Crippen LogP contribution in [0.3, 0.4) is 0 Å². The molecule has 0 aliphatic heterocycles. The van der Waals surface area contributed by atoms with Crippen LogP contribution < -0.4 is 10.9 Å². The van der Waals surface area contributed by atoms with Crippen LogP contribution in [0.25, 0.3) is 10.9 Å². The Hall–Kier alpha value is -2.25. The van der Waals surface area contributed by atoms with E-state index in [4.69, 9.17) is 12.2 Å². The van der Waals surface area contributed by atoms with Gasteiger partial charge in [-0.25, -0.2) is 0 Å². The lowest BCUT2D eigenvalue weighted by molar-refractivity contribution is -0.126. The zero-order valence-corrected chi connectivity index (χ0v) is 17.2. The molecule has 0 unspecified atom stereocenters. The molecule has 2 N–H and O–H groups in total. The molecule has 4 rings (SSSR count). The fourth-order valence-electron chi connectivity index (χ4n) is 3.96. The van der Waals surface area contributed by atoms with Crippen LogP contribution in [-0.2, 0) is 17.9 Å². The van der Waals surface area contributed by atoms with Gasteiger partial charge in [-0.2, -0.15) is 0 Å². The quantitative estimate of drug-likeness (QED) is 0.615. The van der Waals surface area contributed by atoms with Crippen molar-refractivity contribution >= 4 is 40.4 Å². The number of aromatic amines is 1. The van der Waals surface area contributed by atoms with Gasteiger partial charge in [0, 0.05) is 17.3 Å². The second-order valence-corrected chi connectivity index (χ2v) is 8.83. The Bertz CT molecular complexity index is 1080. The molecule has 2 aromatic heterocycles. The first-order valence-electron chi connectivity index (χ1n) is 9.64. The number of rotatable bonds is 5. The summed E-state index contributed by atoms with van der Waals surface area (Å²) in [6.07, 6.45) is 3.59. The van der Waals surface area contributed by atoms with E-state index in [2.05, 4.69) is 10.3 Å². The molecule has 0 radical (unpaired) electrons. The maximum absolute atomic E-state index is 12.8. The van der Waals surface area contributed by atoms with Crippen LogP contribution in [0.4, 0.5) is 0 Å². The highest BCUT2D eigenvalue weighted by atomic mass is 32.1. The lowest BCUT2D eigenvalue weighted by atomic mass is 9.81. The standard InChI is InChI=1S/C21H23N3O2S2/c25-19(22-12-16-4-3-11-28-16)15-9-7-14(8-10-15)13-24-20(26)17-5-1-2-6-18(17)23-21(24)27/h1-6,11,14-15H,7-10,12-13H2,(H,22,25)(H,23,27). The van der Waals surface area contributed by atoms with Crippen LogP contribution >= 0.6 is 23.6 Å². The van der Waals surface area contributed by atoms with Crippen LogP contribution in [0.1, 0.15) is 30.6 Å². The molecule has 1 amide bonds. The third kappa shape index (κ3) is 4.10. The summed E-state index contributed by atoms with van der Waals surface area (Å²) in [5.41, 5.74) is 0.745. The van der Waals surface area contributed by atoms with E-state index < -0.39 is 0 Å². The highest BCUT2D eigenvalue weighted by molar-refractivity contribution is 7.71. The van der Waals surface area contributed by atoms with Crippen molar-refractivity contribution in [1.29, 1.82) is 0 Å². The minimum Gasteiger partial charge on any atom is -0.351 e. The summed E-state index contributed by atoms with van der Waals surface area (Å²) >= 11 is 7.07. The zero-order valence-electron chi connectivity index (χ0n) is 15.5. The van der Waals surface area contributed by atoms with Gasteiger partial charge >= 0.3 is 0 Å². The molecule has 0 bridgehead atoms. The van der Waals surface area contributed by atoms with Crippen LogP contribution in [0, 0.1) is 16.6 Å². The summed E-state index contributed by atoms with van der Waals surface area (Å²) in [6, 6.07) is 11.5. The molecule has 1 fully saturated rings. The van der Waals surface area contributed by atoms with Gasteiger partial charge in [0.2, 0.25) is 5.91 Å². The lowest BCUT2D eigenvalue weighted by Crippen LogP contribution is -2.34. The second kappa shape index (κ2) is 8.41. The van der Waals surface area contributed by atoms with Crippen molar-refractivity contribution in [2.75, 3.05) is 0 Å². The molecule has 1 aliphatic carbocycles. The molecule has 0 atom stereocenters. The van der Waals surface area contributed by atoms with Gasteiger partial charge in [0.05, 0.1) is 17.4 Å². The molecule has 7 heteroatoms. The van der Waals surface area contributed by atoms with E-state index in [1.54, 1.807) is 15.9 Å². The highest BCUT2D eigenvalue weighted by Crippen LogP contribution is 2.30. The Labute approximate surface area is 172 Å². The third-order valence-electron chi connectivity index (χ3n) is 5.56. The molecule has 5 nitrogen and oxygen atoms in total. The largest absolute Gasteiger partial charge is 0.351 e.